The van der Waals surface area contributed by atoms with Crippen molar-refractivity contribution in [3.8, 4) is 0 Å². The van der Waals surface area contributed by atoms with Crippen LogP contribution in [0.5, 0.6) is 0 Å². The number of hydrogen-bond donors (Lipinski definition) is 0. The summed E-state index contributed by atoms with van der Waals surface area (Å²) in [5.41, 5.74) is 0. The molecule has 0 saturated carbocycles. The lowest BCUT2D eigenvalue weighted by molar-refractivity contribution is 0.402. The zero-order valence-corrected chi connectivity index (χ0v) is 8.80. The van der Waals surface area contributed by atoms with Crippen molar-refractivity contribution in [1.29, 1.82) is 0 Å². The van der Waals surface area contributed by atoms with Gasteiger partial charge in [-0.1, -0.05) is 45.6 Å². The van der Waals surface area contributed by atoms with E-state index < -0.39 is 0 Å². The van der Waals surface area contributed by atoms with Crippen molar-refractivity contribution in [3.05, 3.63) is 25.2 Å². The molecule has 0 aromatic heterocycles. The summed E-state index contributed by atoms with van der Waals surface area (Å²) in [6, 6.07) is 0. The number of ether oxygens (including phenoxy) is 1. The predicted octanol–water partition coefficient (Wildman–Crippen LogP) is 4.41. The van der Waals surface area contributed by atoms with Crippen LogP contribution in [-0.4, -0.2) is 0 Å². The van der Waals surface area contributed by atoms with E-state index in [2.05, 4.69) is 19.6 Å². The maximum atomic E-state index is 4.86. The highest BCUT2D eigenvalue weighted by molar-refractivity contribution is 4.75. The highest BCUT2D eigenvalue weighted by Crippen LogP contribution is 2.06. The average molecular weight is 182 g/mol. The van der Waals surface area contributed by atoms with Gasteiger partial charge in [-0.2, -0.15) is 0 Å². The molecule has 0 atom stereocenters. The molecule has 0 aliphatic carbocycles. The third kappa shape index (κ3) is 11.3. The fraction of sp³-hybridized carbons (Fsp3) is 0.667. The van der Waals surface area contributed by atoms with Crippen LogP contribution in [0.3, 0.4) is 0 Å². The van der Waals surface area contributed by atoms with Crippen molar-refractivity contribution >= 4 is 0 Å². The fourth-order valence-electron chi connectivity index (χ4n) is 1.22. The molecule has 1 nitrogen and oxygen atoms in total. The smallest absolute Gasteiger partial charge is 0.0861 e. The summed E-state index contributed by atoms with van der Waals surface area (Å²) in [4.78, 5) is 0. The van der Waals surface area contributed by atoms with E-state index in [0.29, 0.717) is 0 Å². The number of allylic oxidation sites excluding steroid dienone is 1. The van der Waals surface area contributed by atoms with E-state index in [1.807, 2.05) is 0 Å². The predicted molar refractivity (Wildman–Crippen MR) is 58.4 cm³/mol. The molecule has 0 amide bonds. The Balaban J connectivity index is 2.94. The minimum Gasteiger partial charge on any atom is -0.474 e. The van der Waals surface area contributed by atoms with Crippen molar-refractivity contribution < 1.29 is 4.74 Å². The minimum absolute atomic E-state index is 1.12. The molecule has 0 bridgehead atoms. The molecule has 1 heteroatoms. The van der Waals surface area contributed by atoms with E-state index in [9.17, 15) is 0 Å². The van der Waals surface area contributed by atoms with Crippen LogP contribution in [0.1, 0.15) is 51.9 Å². The summed E-state index contributed by atoms with van der Waals surface area (Å²) >= 11 is 0. The van der Waals surface area contributed by atoms with Gasteiger partial charge in [-0.3, -0.25) is 0 Å². The molecular formula is C12H22O. The van der Waals surface area contributed by atoms with Crippen LogP contribution < -0.4 is 0 Å². The van der Waals surface area contributed by atoms with Crippen molar-refractivity contribution in [1.82, 2.24) is 0 Å². The number of unbranched alkanes of at least 4 members (excludes halogenated alkanes) is 6. The third-order valence-electron chi connectivity index (χ3n) is 2.00. The standard InChI is InChI=1S/C12H22O/c1-3-5-6-7-8-9-10-11-12-13-4-2/h4,11-12H,2-3,5-10H2,1H3/b12-11+. The Hall–Kier alpha value is -0.720. The maximum Gasteiger partial charge on any atom is 0.0861 e. The van der Waals surface area contributed by atoms with Gasteiger partial charge in [-0.25, -0.2) is 0 Å². The zero-order valence-electron chi connectivity index (χ0n) is 8.80. The van der Waals surface area contributed by atoms with E-state index in [0.717, 1.165) is 6.42 Å². The molecule has 0 fully saturated rings. The van der Waals surface area contributed by atoms with E-state index >= 15 is 0 Å². The van der Waals surface area contributed by atoms with Gasteiger partial charge in [-0.15, -0.1) is 0 Å². The molecule has 0 heterocycles. The van der Waals surface area contributed by atoms with Crippen LogP contribution in [0, 0.1) is 0 Å². The van der Waals surface area contributed by atoms with Crippen molar-refractivity contribution in [2.75, 3.05) is 0 Å². The Morgan fingerprint density at radius 2 is 1.77 bits per heavy atom. The largest absolute Gasteiger partial charge is 0.474 e. The summed E-state index contributed by atoms with van der Waals surface area (Å²) in [6.07, 6.45) is 14.4. The Morgan fingerprint density at radius 1 is 1.08 bits per heavy atom. The van der Waals surface area contributed by atoms with Crippen LogP contribution in [0.2, 0.25) is 0 Å². The molecule has 0 rings (SSSR count). The molecule has 0 unspecified atom stereocenters. The second kappa shape index (κ2) is 11.3. The normalized spacial score (nSPS) is 10.5. The third-order valence-corrected chi connectivity index (χ3v) is 2.00. The molecule has 13 heavy (non-hydrogen) atoms. The van der Waals surface area contributed by atoms with Gasteiger partial charge in [0.1, 0.15) is 0 Å². The van der Waals surface area contributed by atoms with Crippen molar-refractivity contribution in [2.24, 2.45) is 0 Å². The minimum atomic E-state index is 1.12. The molecule has 0 aromatic carbocycles. The Labute approximate surface area is 82.5 Å². The average Bonchev–Trinajstić information content (AvgIpc) is 2.16. The Kier molecular flexibility index (Phi) is 10.7. The lowest BCUT2D eigenvalue weighted by atomic mass is 10.1. The first-order chi connectivity index (χ1) is 6.41. The first kappa shape index (κ1) is 12.3. The molecular weight excluding hydrogens is 160 g/mol. The molecule has 0 aliphatic rings. The van der Waals surface area contributed by atoms with Crippen LogP contribution in [0.15, 0.2) is 25.2 Å². The molecule has 0 spiro atoms. The summed E-state index contributed by atoms with van der Waals surface area (Å²) in [6.45, 7) is 5.70. The van der Waals surface area contributed by atoms with Crippen LogP contribution in [0.25, 0.3) is 0 Å². The van der Waals surface area contributed by atoms with E-state index in [4.69, 9.17) is 4.74 Å². The van der Waals surface area contributed by atoms with Gasteiger partial charge in [0.2, 0.25) is 0 Å². The van der Waals surface area contributed by atoms with E-state index in [-0.39, 0.29) is 0 Å². The lowest BCUT2D eigenvalue weighted by Gasteiger charge is -1.97. The summed E-state index contributed by atoms with van der Waals surface area (Å²) in [5, 5.41) is 0. The second-order valence-electron chi connectivity index (χ2n) is 3.23. The van der Waals surface area contributed by atoms with Crippen molar-refractivity contribution in [3.63, 3.8) is 0 Å². The second-order valence-corrected chi connectivity index (χ2v) is 3.23. The fourth-order valence-corrected chi connectivity index (χ4v) is 1.22. The first-order valence-corrected chi connectivity index (χ1v) is 5.33. The van der Waals surface area contributed by atoms with Gasteiger partial charge in [0.25, 0.3) is 0 Å². The number of rotatable bonds is 9. The summed E-state index contributed by atoms with van der Waals surface area (Å²) in [5.74, 6) is 0. The van der Waals surface area contributed by atoms with Gasteiger partial charge >= 0.3 is 0 Å². The van der Waals surface area contributed by atoms with Crippen LogP contribution in [-0.2, 0) is 4.74 Å². The monoisotopic (exact) mass is 182 g/mol. The SMILES string of the molecule is C=CO/C=C/CCCCCCCC. The van der Waals surface area contributed by atoms with Gasteiger partial charge < -0.3 is 4.74 Å². The summed E-state index contributed by atoms with van der Waals surface area (Å²) in [7, 11) is 0. The van der Waals surface area contributed by atoms with Crippen molar-refractivity contribution in [2.45, 2.75) is 51.9 Å². The van der Waals surface area contributed by atoms with Gasteiger partial charge in [0, 0.05) is 0 Å². The Bertz CT molecular complexity index is 127. The topological polar surface area (TPSA) is 9.23 Å². The molecule has 0 aromatic rings. The highest BCUT2D eigenvalue weighted by Gasteiger charge is 1.87. The maximum absolute atomic E-state index is 4.86. The van der Waals surface area contributed by atoms with E-state index in [1.54, 1.807) is 6.26 Å². The van der Waals surface area contributed by atoms with Crippen LogP contribution >= 0.6 is 0 Å². The van der Waals surface area contributed by atoms with Crippen LogP contribution in [0.4, 0.5) is 0 Å². The molecule has 0 aliphatic heterocycles. The zero-order chi connectivity index (χ0) is 9.78. The quantitative estimate of drug-likeness (QED) is 0.379. The summed E-state index contributed by atoms with van der Waals surface area (Å²) < 4.78 is 4.86. The van der Waals surface area contributed by atoms with Gasteiger partial charge in [-0.05, 0) is 18.9 Å². The molecule has 0 N–H and O–H groups in total. The first-order valence-electron chi connectivity index (χ1n) is 5.33. The van der Waals surface area contributed by atoms with Gasteiger partial charge in [0.15, 0.2) is 0 Å². The lowest BCUT2D eigenvalue weighted by Crippen LogP contribution is -1.77. The number of hydrogen-bond acceptors (Lipinski definition) is 1. The van der Waals surface area contributed by atoms with E-state index in [1.165, 1.54) is 44.8 Å². The molecule has 76 valence electrons. The molecule has 0 saturated heterocycles. The Morgan fingerprint density at radius 3 is 2.46 bits per heavy atom. The molecule has 0 radical (unpaired) electrons. The highest BCUT2D eigenvalue weighted by atomic mass is 16.5. The van der Waals surface area contributed by atoms with Gasteiger partial charge in [0.05, 0.1) is 12.5 Å².